The van der Waals surface area contributed by atoms with Gasteiger partial charge in [-0.1, -0.05) is 11.6 Å². The molecule has 112 valence electrons. The highest BCUT2D eigenvalue weighted by molar-refractivity contribution is 6.34. The fourth-order valence-corrected chi connectivity index (χ4v) is 2.32. The van der Waals surface area contributed by atoms with E-state index >= 15 is 0 Å². The molecule has 1 aliphatic heterocycles. The number of carbonyl (C=O) groups is 3. The van der Waals surface area contributed by atoms with Crippen molar-refractivity contribution in [3.8, 4) is 0 Å². The second-order valence-electron chi connectivity index (χ2n) is 4.85. The van der Waals surface area contributed by atoms with Gasteiger partial charge >= 0.3 is 5.97 Å². The van der Waals surface area contributed by atoms with Gasteiger partial charge in [-0.15, -0.1) is 0 Å². The van der Waals surface area contributed by atoms with Crippen LogP contribution in [0.25, 0.3) is 0 Å². The fourth-order valence-electron chi connectivity index (χ4n) is 2.11. The summed E-state index contributed by atoms with van der Waals surface area (Å²) in [4.78, 5) is 36.1. The number of rotatable bonds is 4. The van der Waals surface area contributed by atoms with Crippen LogP contribution in [0.2, 0.25) is 5.02 Å². The molecule has 1 heterocycles. The molecular weight excluding hydrogens is 296 g/mol. The zero-order valence-corrected chi connectivity index (χ0v) is 12.2. The number of carboxylic acid groups (broad SMARTS) is 1. The van der Waals surface area contributed by atoms with Gasteiger partial charge in [0, 0.05) is 18.7 Å². The molecule has 0 radical (unpaired) electrons. The molecule has 1 saturated heterocycles. The van der Waals surface area contributed by atoms with Crippen LogP contribution in [0, 0.1) is 0 Å². The molecule has 1 fully saturated rings. The SMILES string of the molecule is CC(NC(=O)c1cc(N2CCCC2=O)ccc1Cl)C(=O)O. The number of hydrogen-bond acceptors (Lipinski definition) is 3. The Labute approximate surface area is 126 Å². The highest BCUT2D eigenvalue weighted by atomic mass is 35.5. The van der Waals surface area contributed by atoms with E-state index in [1.54, 1.807) is 11.0 Å². The van der Waals surface area contributed by atoms with Gasteiger partial charge in [0.15, 0.2) is 0 Å². The molecule has 1 aliphatic rings. The number of amides is 2. The number of carbonyl (C=O) groups excluding carboxylic acids is 2. The van der Waals surface area contributed by atoms with E-state index in [2.05, 4.69) is 5.32 Å². The Morgan fingerprint density at radius 2 is 2.14 bits per heavy atom. The molecule has 2 amide bonds. The van der Waals surface area contributed by atoms with Crippen molar-refractivity contribution in [2.24, 2.45) is 0 Å². The Kier molecular flexibility index (Phi) is 4.47. The maximum Gasteiger partial charge on any atom is 0.325 e. The molecule has 1 atom stereocenters. The van der Waals surface area contributed by atoms with Crippen molar-refractivity contribution < 1.29 is 19.5 Å². The maximum absolute atomic E-state index is 12.1. The van der Waals surface area contributed by atoms with E-state index in [9.17, 15) is 14.4 Å². The largest absolute Gasteiger partial charge is 0.480 e. The molecule has 2 N–H and O–H groups in total. The van der Waals surface area contributed by atoms with Crippen molar-refractivity contribution in [1.29, 1.82) is 0 Å². The maximum atomic E-state index is 12.1. The van der Waals surface area contributed by atoms with Gasteiger partial charge in [-0.05, 0) is 31.5 Å². The third-order valence-corrected chi connectivity index (χ3v) is 3.63. The van der Waals surface area contributed by atoms with Crippen LogP contribution in [0.15, 0.2) is 18.2 Å². The van der Waals surface area contributed by atoms with Crippen LogP contribution >= 0.6 is 11.6 Å². The van der Waals surface area contributed by atoms with E-state index in [1.165, 1.54) is 19.1 Å². The number of carboxylic acids is 1. The summed E-state index contributed by atoms with van der Waals surface area (Å²) in [5.74, 6) is -1.71. The van der Waals surface area contributed by atoms with Gasteiger partial charge in [0.25, 0.3) is 5.91 Å². The number of aliphatic carboxylic acids is 1. The Morgan fingerprint density at radius 3 is 2.71 bits per heavy atom. The summed E-state index contributed by atoms with van der Waals surface area (Å²) in [6.45, 7) is 1.97. The molecule has 0 bridgehead atoms. The standard InChI is InChI=1S/C14H15ClN2O4/c1-8(14(20)21)16-13(19)10-7-9(4-5-11(10)15)17-6-2-3-12(17)18/h4-5,7-8H,2-3,6H2,1H3,(H,16,19)(H,20,21). The summed E-state index contributed by atoms with van der Waals surface area (Å²) in [7, 11) is 0. The molecule has 2 rings (SSSR count). The molecule has 21 heavy (non-hydrogen) atoms. The smallest absolute Gasteiger partial charge is 0.325 e. The summed E-state index contributed by atoms with van der Waals surface area (Å²) in [5.41, 5.74) is 0.747. The van der Waals surface area contributed by atoms with E-state index in [0.717, 1.165) is 6.42 Å². The number of hydrogen-bond donors (Lipinski definition) is 2. The zero-order valence-electron chi connectivity index (χ0n) is 11.4. The summed E-state index contributed by atoms with van der Waals surface area (Å²) in [6.07, 6.45) is 1.26. The van der Waals surface area contributed by atoms with Crippen LogP contribution < -0.4 is 10.2 Å². The van der Waals surface area contributed by atoms with E-state index in [1.807, 2.05) is 0 Å². The second kappa shape index (κ2) is 6.13. The molecule has 1 unspecified atom stereocenters. The third kappa shape index (κ3) is 3.33. The lowest BCUT2D eigenvalue weighted by Gasteiger charge is -2.17. The predicted octanol–water partition coefficient (Wildman–Crippen LogP) is 1.67. The Hall–Kier alpha value is -2.08. The fraction of sp³-hybridized carbons (Fsp3) is 0.357. The van der Waals surface area contributed by atoms with Crippen LogP contribution in [-0.4, -0.2) is 35.5 Å². The number of nitrogens with one attached hydrogen (secondary N) is 1. The first-order valence-corrected chi connectivity index (χ1v) is 6.91. The van der Waals surface area contributed by atoms with Crippen LogP contribution in [0.1, 0.15) is 30.1 Å². The van der Waals surface area contributed by atoms with Crippen LogP contribution in [-0.2, 0) is 9.59 Å². The average molecular weight is 311 g/mol. The topological polar surface area (TPSA) is 86.7 Å². The summed E-state index contributed by atoms with van der Waals surface area (Å²) >= 11 is 5.99. The molecular formula is C14H15ClN2O4. The van der Waals surface area contributed by atoms with Gasteiger partial charge in [0.1, 0.15) is 6.04 Å². The van der Waals surface area contributed by atoms with Crippen LogP contribution in [0.5, 0.6) is 0 Å². The Bertz CT molecular complexity index is 603. The first-order valence-electron chi connectivity index (χ1n) is 6.53. The lowest BCUT2D eigenvalue weighted by atomic mass is 10.1. The number of halogens is 1. The number of nitrogens with zero attached hydrogens (tertiary/aromatic N) is 1. The average Bonchev–Trinajstić information content (AvgIpc) is 2.85. The minimum Gasteiger partial charge on any atom is -0.480 e. The van der Waals surface area contributed by atoms with E-state index in [4.69, 9.17) is 16.7 Å². The molecule has 1 aromatic carbocycles. The second-order valence-corrected chi connectivity index (χ2v) is 5.25. The van der Waals surface area contributed by atoms with Crippen molar-refractivity contribution in [2.75, 3.05) is 11.4 Å². The first kappa shape index (κ1) is 15.3. The Morgan fingerprint density at radius 1 is 1.43 bits per heavy atom. The molecule has 1 aromatic rings. The summed E-state index contributed by atoms with van der Waals surface area (Å²) in [6, 6.07) is 3.69. The van der Waals surface area contributed by atoms with E-state index in [0.29, 0.717) is 18.7 Å². The molecule has 7 heteroatoms. The van der Waals surface area contributed by atoms with Gasteiger partial charge < -0.3 is 15.3 Å². The molecule has 6 nitrogen and oxygen atoms in total. The summed E-state index contributed by atoms with van der Waals surface area (Å²) < 4.78 is 0. The van der Waals surface area contributed by atoms with Crippen molar-refractivity contribution in [3.63, 3.8) is 0 Å². The highest BCUT2D eigenvalue weighted by Crippen LogP contribution is 2.26. The predicted molar refractivity (Wildman–Crippen MR) is 77.6 cm³/mol. The third-order valence-electron chi connectivity index (χ3n) is 3.30. The molecule has 0 aromatic heterocycles. The van der Waals surface area contributed by atoms with Crippen LogP contribution in [0.4, 0.5) is 5.69 Å². The van der Waals surface area contributed by atoms with E-state index < -0.39 is 17.9 Å². The minimum absolute atomic E-state index is 0.00239. The molecule has 0 saturated carbocycles. The quantitative estimate of drug-likeness (QED) is 0.885. The lowest BCUT2D eigenvalue weighted by Crippen LogP contribution is -2.38. The van der Waals surface area contributed by atoms with Crippen LogP contribution in [0.3, 0.4) is 0 Å². The van der Waals surface area contributed by atoms with Gasteiger partial charge in [0.2, 0.25) is 5.91 Å². The first-order chi connectivity index (χ1) is 9.90. The van der Waals surface area contributed by atoms with Gasteiger partial charge in [-0.25, -0.2) is 0 Å². The van der Waals surface area contributed by atoms with Gasteiger partial charge in [0.05, 0.1) is 10.6 Å². The van der Waals surface area contributed by atoms with Crippen molar-refractivity contribution in [2.45, 2.75) is 25.8 Å². The number of benzene rings is 1. The highest BCUT2D eigenvalue weighted by Gasteiger charge is 2.24. The zero-order chi connectivity index (χ0) is 15.6. The van der Waals surface area contributed by atoms with Gasteiger partial charge in [-0.2, -0.15) is 0 Å². The van der Waals surface area contributed by atoms with Gasteiger partial charge in [-0.3, -0.25) is 14.4 Å². The molecule has 0 spiro atoms. The monoisotopic (exact) mass is 310 g/mol. The summed E-state index contributed by atoms with van der Waals surface area (Å²) in [5, 5.41) is 11.4. The Balaban J connectivity index is 2.25. The van der Waals surface area contributed by atoms with Crippen molar-refractivity contribution >= 4 is 35.1 Å². The normalized spacial score (nSPS) is 15.9. The molecule has 0 aliphatic carbocycles. The van der Waals surface area contributed by atoms with Crippen molar-refractivity contribution in [1.82, 2.24) is 5.32 Å². The van der Waals surface area contributed by atoms with E-state index in [-0.39, 0.29) is 16.5 Å². The minimum atomic E-state index is -1.13. The van der Waals surface area contributed by atoms with Crippen molar-refractivity contribution in [3.05, 3.63) is 28.8 Å². The number of anilines is 1. The lowest BCUT2D eigenvalue weighted by molar-refractivity contribution is -0.138.